The molecule has 1 aliphatic rings. The number of nitrogens with one attached hydrogen (secondary N) is 2. The van der Waals surface area contributed by atoms with E-state index >= 15 is 0 Å². The first-order chi connectivity index (χ1) is 16.2. The molecule has 1 fully saturated rings. The maximum Gasteiger partial charge on any atom is 0.328 e. The highest BCUT2D eigenvalue weighted by Gasteiger charge is 2.29. The Morgan fingerprint density at radius 3 is 2.21 bits per heavy atom. The molecule has 0 heterocycles. The summed E-state index contributed by atoms with van der Waals surface area (Å²) < 4.78 is 5.47. The summed E-state index contributed by atoms with van der Waals surface area (Å²) >= 11 is 0. The molecule has 2 amide bonds. The van der Waals surface area contributed by atoms with Gasteiger partial charge in [-0.1, -0.05) is 30.3 Å². The van der Waals surface area contributed by atoms with Crippen molar-refractivity contribution in [3.05, 3.63) is 60.2 Å². The number of rotatable bonds is 10. The van der Waals surface area contributed by atoms with Crippen LogP contribution in [0.3, 0.4) is 0 Å². The summed E-state index contributed by atoms with van der Waals surface area (Å²) in [5, 5.41) is 14.6. The molecule has 3 rings (SSSR count). The van der Waals surface area contributed by atoms with Crippen molar-refractivity contribution in [1.82, 2.24) is 5.32 Å². The smallest absolute Gasteiger partial charge is 0.328 e. The van der Waals surface area contributed by atoms with Gasteiger partial charge in [-0.2, -0.15) is 0 Å². The second kappa shape index (κ2) is 11.7. The van der Waals surface area contributed by atoms with Crippen molar-refractivity contribution in [2.75, 3.05) is 11.9 Å². The van der Waals surface area contributed by atoms with Crippen molar-refractivity contribution < 1.29 is 24.2 Å². The molecule has 2 aromatic rings. The average molecular weight is 467 g/mol. The number of amides is 2. The number of hydrogen-bond acceptors (Lipinski definition) is 4. The summed E-state index contributed by atoms with van der Waals surface area (Å²) in [4.78, 5) is 35.4. The molecular formula is C27H34N2O5. The second-order valence-corrected chi connectivity index (χ2v) is 9.51. The number of ether oxygens (including phenoxy) is 1. The van der Waals surface area contributed by atoms with E-state index in [2.05, 4.69) is 22.8 Å². The molecule has 34 heavy (non-hydrogen) atoms. The number of anilines is 1. The highest BCUT2D eigenvalue weighted by atomic mass is 16.5. The topological polar surface area (TPSA) is 105 Å². The summed E-state index contributed by atoms with van der Waals surface area (Å²) in [5.41, 5.74) is 0.766. The lowest BCUT2D eigenvalue weighted by molar-refractivity contribution is -0.146. The van der Waals surface area contributed by atoms with Crippen LogP contribution in [0.15, 0.2) is 54.6 Å². The SMILES string of the molecule is CC(C)(NC(=O)CCC1CCC(c2ccc(NC(=O)COc3ccccc3)cc2)CC1)C(=O)O. The van der Waals surface area contributed by atoms with Gasteiger partial charge in [-0.25, -0.2) is 4.79 Å². The number of carbonyl (C=O) groups excluding carboxylic acids is 2. The Morgan fingerprint density at radius 1 is 0.941 bits per heavy atom. The number of hydrogen-bond donors (Lipinski definition) is 3. The molecule has 1 saturated carbocycles. The number of carboxylic acid groups (broad SMARTS) is 1. The maximum absolute atomic E-state index is 12.1. The summed E-state index contributed by atoms with van der Waals surface area (Å²) in [6.45, 7) is 2.95. The Bertz CT molecular complexity index is 964. The third-order valence-electron chi connectivity index (χ3n) is 6.39. The van der Waals surface area contributed by atoms with E-state index in [0.29, 0.717) is 24.0 Å². The minimum atomic E-state index is -1.24. The zero-order valence-corrected chi connectivity index (χ0v) is 19.9. The normalized spacial score (nSPS) is 18.1. The maximum atomic E-state index is 12.1. The highest BCUT2D eigenvalue weighted by molar-refractivity contribution is 5.91. The Kier molecular flexibility index (Phi) is 8.68. The Labute approximate surface area is 200 Å². The molecule has 0 atom stereocenters. The number of para-hydroxylation sites is 1. The molecule has 0 aliphatic heterocycles. The van der Waals surface area contributed by atoms with E-state index in [9.17, 15) is 14.4 Å². The van der Waals surface area contributed by atoms with Crippen LogP contribution in [0.1, 0.15) is 63.9 Å². The third kappa shape index (κ3) is 7.61. The van der Waals surface area contributed by atoms with Gasteiger partial charge in [0.05, 0.1) is 0 Å². The highest BCUT2D eigenvalue weighted by Crippen LogP contribution is 2.37. The minimum Gasteiger partial charge on any atom is -0.484 e. The molecule has 182 valence electrons. The van der Waals surface area contributed by atoms with Crippen molar-refractivity contribution in [3.8, 4) is 5.75 Å². The van der Waals surface area contributed by atoms with Gasteiger partial charge in [0.25, 0.3) is 5.91 Å². The fourth-order valence-corrected chi connectivity index (χ4v) is 4.29. The fourth-order valence-electron chi connectivity index (χ4n) is 4.29. The Balaban J connectivity index is 1.38. The van der Waals surface area contributed by atoms with Gasteiger partial charge in [-0.3, -0.25) is 9.59 Å². The number of aliphatic carboxylic acids is 1. The first-order valence-corrected chi connectivity index (χ1v) is 11.8. The van der Waals surface area contributed by atoms with E-state index in [0.717, 1.165) is 37.8 Å². The number of carbonyl (C=O) groups is 3. The molecule has 7 heteroatoms. The zero-order valence-electron chi connectivity index (χ0n) is 19.9. The Hall–Kier alpha value is -3.35. The second-order valence-electron chi connectivity index (χ2n) is 9.51. The van der Waals surface area contributed by atoms with Crippen molar-refractivity contribution in [2.45, 2.75) is 63.8 Å². The summed E-state index contributed by atoms with van der Waals surface area (Å²) in [7, 11) is 0. The first-order valence-electron chi connectivity index (χ1n) is 11.8. The van der Waals surface area contributed by atoms with Gasteiger partial charge in [-0.05, 0) is 87.6 Å². The molecule has 0 radical (unpaired) electrons. The number of carboxylic acids is 1. The van der Waals surface area contributed by atoms with Crippen molar-refractivity contribution in [2.24, 2.45) is 5.92 Å². The average Bonchev–Trinajstić information content (AvgIpc) is 2.83. The molecule has 0 bridgehead atoms. The largest absolute Gasteiger partial charge is 0.484 e. The summed E-state index contributed by atoms with van der Waals surface area (Å²) in [6, 6.07) is 17.2. The van der Waals surface area contributed by atoms with Crippen LogP contribution in [0.2, 0.25) is 0 Å². The van der Waals surface area contributed by atoms with E-state index in [4.69, 9.17) is 9.84 Å². The van der Waals surface area contributed by atoms with E-state index < -0.39 is 11.5 Å². The van der Waals surface area contributed by atoms with Crippen LogP contribution in [-0.4, -0.2) is 35.0 Å². The van der Waals surface area contributed by atoms with Crippen molar-refractivity contribution in [3.63, 3.8) is 0 Å². The monoisotopic (exact) mass is 466 g/mol. The molecule has 2 aromatic carbocycles. The van der Waals surface area contributed by atoms with Crippen LogP contribution in [0.5, 0.6) is 5.75 Å². The lowest BCUT2D eigenvalue weighted by Gasteiger charge is -2.29. The summed E-state index contributed by atoms with van der Waals surface area (Å²) in [5.74, 6) is 0.176. The van der Waals surface area contributed by atoms with Gasteiger partial charge in [0.2, 0.25) is 5.91 Å². The zero-order chi connectivity index (χ0) is 24.6. The molecular weight excluding hydrogens is 432 g/mol. The standard InChI is InChI=1S/C27H34N2O5/c1-27(2,26(32)33)29-24(30)17-10-19-8-11-20(12-9-19)21-13-15-22(16-14-21)28-25(31)18-34-23-6-4-3-5-7-23/h3-7,13-16,19-20H,8-12,17-18H2,1-2H3,(H,28,31)(H,29,30)(H,32,33). The van der Waals surface area contributed by atoms with E-state index in [1.54, 1.807) is 0 Å². The number of benzene rings is 2. The van der Waals surface area contributed by atoms with Crippen LogP contribution >= 0.6 is 0 Å². The molecule has 0 saturated heterocycles. The lowest BCUT2D eigenvalue weighted by Crippen LogP contribution is -2.49. The molecule has 0 spiro atoms. The molecule has 3 N–H and O–H groups in total. The van der Waals surface area contributed by atoms with E-state index in [1.807, 2.05) is 42.5 Å². The molecule has 7 nitrogen and oxygen atoms in total. The molecule has 0 unspecified atom stereocenters. The van der Waals surface area contributed by atoms with Gasteiger partial charge in [0.1, 0.15) is 11.3 Å². The van der Waals surface area contributed by atoms with Gasteiger partial charge in [0.15, 0.2) is 6.61 Å². The van der Waals surface area contributed by atoms with Crippen LogP contribution in [0.25, 0.3) is 0 Å². The van der Waals surface area contributed by atoms with Crippen LogP contribution in [0, 0.1) is 5.92 Å². The minimum absolute atomic E-state index is 0.0401. The van der Waals surface area contributed by atoms with Crippen LogP contribution in [0.4, 0.5) is 5.69 Å². The lowest BCUT2D eigenvalue weighted by atomic mass is 9.77. The van der Waals surface area contributed by atoms with E-state index in [-0.39, 0.29) is 18.4 Å². The predicted octanol–water partition coefficient (Wildman–Crippen LogP) is 4.74. The van der Waals surface area contributed by atoms with Gasteiger partial charge in [0, 0.05) is 12.1 Å². The molecule has 0 aromatic heterocycles. The predicted molar refractivity (Wildman–Crippen MR) is 131 cm³/mol. The van der Waals surface area contributed by atoms with Crippen molar-refractivity contribution >= 4 is 23.5 Å². The van der Waals surface area contributed by atoms with Gasteiger partial charge in [-0.15, -0.1) is 0 Å². The Morgan fingerprint density at radius 2 is 1.59 bits per heavy atom. The van der Waals surface area contributed by atoms with Gasteiger partial charge < -0.3 is 20.5 Å². The quantitative estimate of drug-likeness (QED) is 0.469. The first kappa shape index (κ1) is 25.3. The van der Waals surface area contributed by atoms with E-state index in [1.165, 1.54) is 19.4 Å². The van der Waals surface area contributed by atoms with Crippen LogP contribution in [-0.2, 0) is 14.4 Å². The fraction of sp³-hybridized carbons (Fsp3) is 0.444. The summed E-state index contributed by atoms with van der Waals surface area (Å²) in [6.07, 6.45) is 5.36. The van der Waals surface area contributed by atoms with Gasteiger partial charge >= 0.3 is 5.97 Å². The molecule has 1 aliphatic carbocycles. The van der Waals surface area contributed by atoms with Crippen molar-refractivity contribution in [1.29, 1.82) is 0 Å². The van der Waals surface area contributed by atoms with Crippen LogP contribution < -0.4 is 15.4 Å². The third-order valence-corrected chi connectivity index (χ3v) is 6.39.